The van der Waals surface area contributed by atoms with Crippen LogP contribution in [0.3, 0.4) is 0 Å². The van der Waals surface area contributed by atoms with E-state index in [4.69, 9.17) is 0 Å². The van der Waals surface area contributed by atoms with Gasteiger partial charge in [-0.15, -0.1) is 6.58 Å². The van der Waals surface area contributed by atoms with Crippen molar-refractivity contribution in [2.24, 2.45) is 0 Å². The molecular formula is C11H21NO. The van der Waals surface area contributed by atoms with Gasteiger partial charge in [0.2, 0.25) is 5.91 Å². The number of nitrogens with one attached hydrogen (secondary N) is 1. The van der Waals surface area contributed by atoms with Crippen molar-refractivity contribution >= 4 is 5.91 Å². The molecule has 0 fully saturated rings. The lowest BCUT2D eigenvalue weighted by Crippen LogP contribution is -2.16. The predicted molar refractivity (Wildman–Crippen MR) is 56.6 cm³/mol. The summed E-state index contributed by atoms with van der Waals surface area (Å²) in [5, 5.41) is 2.62. The number of rotatable bonds is 8. The molecule has 0 bridgehead atoms. The van der Waals surface area contributed by atoms with Crippen molar-refractivity contribution in [2.45, 2.75) is 44.9 Å². The fraction of sp³-hybridized carbons (Fsp3) is 0.727. The van der Waals surface area contributed by atoms with E-state index in [1.54, 1.807) is 7.05 Å². The molecule has 1 N–H and O–H groups in total. The molecule has 0 aliphatic rings. The molecule has 0 aliphatic heterocycles. The van der Waals surface area contributed by atoms with Gasteiger partial charge in [-0.2, -0.15) is 0 Å². The van der Waals surface area contributed by atoms with Gasteiger partial charge in [0, 0.05) is 13.5 Å². The van der Waals surface area contributed by atoms with Gasteiger partial charge in [-0.3, -0.25) is 4.79 Å². The van der Waals surface area contributed by atoms with E-state index in [-0.39, 0.29) is 5.91 Å². The molecule has 0 unspecified atom stereocenters. The van der Waals surface area contributed by atoms with Crippen molar-refractivity contribution < 1.29 is 4.79 Å². The summed E-state index contributed by atoms with van der Waals surface area (Å²) < 4.78 is 0. The Bertz CT molecular complexity index is 143. The van der Waals surface area contributed by atoms with Crippen LogP contribution in [0, 0.1) is 0 Å². The molecule has 0 aromatic heterocycles. The van der Waals surface area contributed by atoms with Crippen LogP contribution in [-0.4, -0.2) is 13.0 Å². The molecule has 0 radical (unpaired) electrons. The van der Waals surface area contributed by atoms with Crippen molar-refractivity contribution in [3.05, 3.63) is 12.7 Å². The normalized spacial score (nSPS) is 9.62. The third kappa shape index (κ3) is 9.12. The predicted octanol–water partition coefficient (Wildman–Crippen LogP) is 2.65. The molecule has 0 aliphatic carbocycles. The highest BCUT2D eigenvalue weighted by Gasteiger charge is 1.96. The Kier molecular flexibility index (Phi) is 8.73. The van der Waals surface area contributed by atoms with Gasteiger partial charge in [0.05, 0.1) is 0 Å². The van der Waals surface area contributed by atoms with Gasteiger partial charge in [0.15, 0.2) is 0 Å². The smallest absolute Gasteiger partial charge is 0.219 e. The topological polar surface area (TPSA) is 29.1 Å². The first kappa shape index (κ1) is 12.2. The molecule has 0 rings (SSSR count). The summed E-state index contributed by atoms with van der Waals surface area (Å²) in [6.07, 6.45) is 9.70. The van der Waals surface area contributed by atoms with Gasteiger partial charge >= 0.3 is 0 Å². The van der Waals surface area contributed by atoms with Crippen LogP contribution in [0.5, 0.6) is 0 Å². The average molecular weight is 183 g/mol. The molecule has 0 saturated heterocycles. The van der Waals surface area contributed by atoms with Crippen molar-refractivity contribution in [3.63, 3.8) is 0 Å². The maximum atomic E-state index is 10.8. The van der Waals surface area contributed by atoms with Crippen molar-refractivity contribution in [2.75, 3.05) is 7.05 Å². The van der Waals surface area contributed by atoms with E-state index in [0.29, 0.717) is 6.42 Å². The summed E-state index contributed by atoms with van der Waals surface area (Å²) in [5.74, 6) is 0.158. The molecule has 0 aromatic rings. The van der Waals surface area contributed by atoms with E-state index in [0.717, 1.165) is 12.8 Å². The zero-order valence-electron chi connectivity index (χ0n) is 8.64. The van der Waals surface area contributed by atoms with Gasteiger partial charge < -0.3 is 5.32 Å². The lowest BCUT2D eigenvalue weighted by molar-refractivity contribution is -0.120. The van der Waals surface area contributed by atoms with E-state index in [1.165, 1.54) is 25.7 Å². The van der Waals surface area contributed by atoms with Gasteiger partial charge in [0.25, 0.3) is 0 Å². The fourth-order valence-electron chi connectivity index (χ4n) is 1.23. The second-order valence-corrected chi connectivity index (χ2v) is 3.27. The summed E-state index contributed by atoms with van der Waals surface area (Å²) in [4.78, 5) is 10.8. The van der Waals surface area contributed by atoms with Gasteiger partial charge in [0.1, 0.15) is 0 Å². The zero-order valence-corrected chi connectivity index (χ0v) is 8.64. The molecule has 1 amide bonds. The Morgan fingerprint density at radius 1 is 1.23 bits per heavy atom. The standard InChI is InChI=1S/C11H21NO/c1-3-4-5-6-7-8-9-10-11(13)12-2/h3H,1,4-10H2,2H3,(H,12,13). The van der Waals surface area contributed by atoms with Crippen LogP contribution in [-0.2, 0) is 4.79 Å². The highest BCUT2D eigenvalue weighted by Crippen LogP contribution is 2.06. The molecule has 0 spiro atoms. The summed E-state index contributed by atoms with van der Waals surface area (Å²) in [6.45, 7) is 3.68. The minimum atomic E-state index is 0.158. The monoisotopic (exact) mass is 183 g/mol. The molecule has 0 aromatic carbocycles. The Labute approximate surface area is 81.4 Å². The van der Waals surface area contributed by atoms with E-state index in [1.807, 2.05) is 6.08 Å². The van der Waals surface area contributed by atoms with Gasteiger partial charge in [-0.05, 0) is 19.3 Å². The van der Waals surface area contributed by atoms with E-state index >= 15 is 0 Å². The van der Waals surface area contributed by atoms with Crippen LogP contribution in [0.4, 0.5) is 0 Å². The molecule has 0 atom stereocenters. The summed E-state index contributed by atoms with van der Waals surface area (Å²) in [6, 6.07) is 0. The van der Waals surface area contributed by atoms with Crippen LogP contribution < -0.4 is 5.32 Å². The van der Waals surface area contributed by atoms with Crippen LogP contribution in [0.15, 0.2) is 12.7 Å². The number of carbonyl (C=O) groups excluding carboxylic acids is 1. The molecule has 2 nitrogen and oxygen atoms in total. The van der Waals surface area contributed by atoms with Crippen LogP contribution in [0.25, 0.3) is 0 Å². The molecule has 76 valence electrons. The Hall–Kier alpha value is -0.790. The number of unbranched alkanes of at least 4 members (excludes halogenated alkanes) is 5. The minimum Gasteiger partial charge on any atom is -0.359 e. The van der Waals surface area contributed by atoms with E-state index in [2.05, 4.69) is 11.9 Å². The first-order chi connectivity index (χ1) is 6.31. The number of carbonyl (C=O) groups is 1. The van der Waals surface area contributed by atoms with E-state index < -0.39 is 0 Å². The largest absolute Gasteiger partial charge is 0.359 e. The van der Waals surface area contributed by atoms with Crippen LogP contribution in [0.1, 0.15) is 44.9 Å². The first-order valence-electron chi connectivity index (χ1n) is 5.12. The minimum absolute atomic E-state index is 0.158. The second kappa shape index (κ2) is 9.30. The number of hydrogen-bond donors (Lipinski definition) is 1. The van der Waals surface area contributed by atoms with Gasteiger partial charge in [-0.25, -0.2) is 0 Å². The van der Waals surface area contributed by atoms with Crippen molar-refractivity contribution in [1.29, 1.82) is 0 Å². The van der Waals surface area contributed by atoms with Crippen LogP contribution in [0.2, 0.25) is 0 Å². The lowest BCUT2D eigenvalue weighted by atomic mass is 10.1. The quantitative estimate of drug-likeness (QED) is 0.455. The fourth-order valence-corrected chi connectivity index (χ4v) is 1.23. The third-order valence-corrected chi connectivity index (χ3v) is 2.09. The first-order valence-corrected chi connectivity index (χ1v) is 5.12. The van der Waals surface area contributed by atoms with Crippen molar-refractivity contribution in [1.82, 2.24) is 5.32 Å². The SMILES string of the molecule is C=CCCCCCCCC(=O)NC. The molecule has 0 saturated carbocycles. The molecule has 13 heavy (non-hydrogen) atoms. The maximum absolute atomic E-state index is 10.8. The van der Waals surface area contributed by atoms with E-state index in [9.17, 15) is 4.79 Å². The van der Waals surface area contributed by atoms with Crippen molar-refractivity contribution in [3.8, 4) is 0 Å². The average Bonchev–Trinajstić information content (AvgIpc) is 2.16. The summed E-state index contributed by atoms with van der Waals surface area (Å²) in [7, 11) is 1.69. The highest BCUT2D eigenvalue weighted by molar-refractivity contribution is 5.75. The Morgan fingerprint density at radius 3 is 2.46 bits per heavy atom. The number of hydrogen-bond acceptors (Lipinski definition) is 1. The highest BCUT2D eigenvalue weighted by atomic mass is 16.1. The molecule has 2 heteroatoms. The molecule has 0 heterocycles. The summed E-state index contributed by atoms with van der Waals surface area (Å²) in [5.41, 5.74) is 0. The third-order valence-electron chi connectivity index (χ3n) is 2.09. The van der Waals surface area contributed by atoms with Crippen LogP contribution >= 0.6 is 0 Å². The number of allylic oxidation sites excluding steroid dienone is 1. The van der Waals surface area contributed by atoms with Gasteiger partial charge in [-0.1, -0.05) is 25.3 Å². The summed E-state index contributed by atoms with van der Waals surface area (Å²) >= 11 is 0. The zero-order chi connectivity index (χ0) is 9.94. The Morgan fingerprint density at radius 2 is 1.85 bits per heavy atom. The number of amides is 1. The second-order valence-electron chi connectivity index (χ2n) is 3.27. The Balaban J connectivity index is 2.99. The maximum Gasteiger partial charge on any atom is 0.219 e. The lowest BCUT2D eigenvalue weighted by Gasteiger charge is -2.00. The molecular weight excluding hydrogens is 162 g/mol.